The number of nitrogens with one attached hydrogen (secondary N) is 1. The van der Waals surface area contributed by atoms with Crippen molar-refractivity contribution in [1.82, 2.24) is 19.2 Å². The highest BCUT2D eigenvalue weighted by molar-refractivity contribution is 7.88. The van der Waals surface area contributed by atoms with Gasteiger partial charge >= 0.3 is 6.09 Å². The van der Waals surface area contributed by atoms with Gasteiger partial charge in [0.25, 0.3) is 5.56 Å². The van der Waals surface area contributed by atoms with E-state index < -0.39 is 22.2 Å². The summed E-state index contributed by atoms with van der Waals surface area (Å²) in [5.41, 5.74) is 2.04. The quantitative estimate of drug-likeness (QED) is 0.602. The average Bonchev–Trinajstić information content (AvgIpc) is 2.66. The zero-order valence-electron chi connectivity index (χ0n) is 17.7. The van der Waals surface area contributed by atoms with Gasteiger partial charge in [0.1, 0.15) is 5.82 Å². The second-order valence-corrected chi connectivity index (χ2v) is 9.53. The molecular weight excluding hydrogens is 420 g/mol. The molecule has 1 heterocycles. The van der Waals surface area contributed by atoms with Crippen LogP contribution in [0.2, 0.25) is 0 Å². The third-order valence-electron chi connectivity index (χ3n) is 5.00. The lowest BCUT2D eigenvalue weighted by Crippen LogP contribution is -2.32. The van der Waals surface area contributed by atoms with Crippen molar-refractivity contribution in [2.45, 2.75) is 26.4 Å². The van der Waals surface area contributed by atoms with Gasteiger partial charge in [-0.1, -0.05) is 24.3 Å². The first-order chi connectivity index (χ1) is 14.5. The molecule has 0 saturated carbocycles. The largest absolute Gasteiger partial charge is 0.465 e. The van der Waals surface area contributed by atoms with Crippen molar-refractivity contribution in [1.29, 1.82) is 0 Å². The van der Waals surface area contributed by atoms with E-state index in [1.54, 1.807) is 43.3 Å². The van der Waals surface area contributed by atoms with Crippen LogP contribution in [0.4, 0.5) is 4.79 Å². The van der Waals surface area contributed by atoms with Gasteiger partial charge in [-0.05, 0) is 43.2 Å². The lowest BCUT2D eigenvalue weighted by molar-refractivity contribution is 0.190. The molecule has 1 atom stereocenters. The fourth-order valence-electron chi connectivity index (χ4n) is 3.37. The predicted molar refractivity (Wildman–Crippen MR) is 118 cm³/mol. The normalized spacial score (nSPS) is 12.8. The average molecular weight is 445 g/mol. The number of hydrogen-bond acceptors (Lipinski definition) is 5. The molecule has 164 valence electrons. The maximum Gasteiger partial charge on any atom is 0.405 e. The standard InChI is InChI=1S/C21H24N4O5S/c1-13-7-5-10-17-18(13)20(26)25(19(23-17)14(2)22-21(27)28)16-9-6-8-15(11-16)12-24(3)31(4,29)30/h5-11,14,22H,12H2,1-4H3,(H,27,28). The van der Waals surface area contributed by atoms with Gasteiger partial charge in [0.15, 0.2) is 0 Å². The molecule has 1 aromatic heterocycles. The van der Waals surface area contributed by atoms with Crippen LogP contribution in [0.15, 0.2) is 47.3 Å². The van der Waals surface area contributed by atoms with E-state index >= 15 is 0 Å². The van der Waals surface area contributed by atoms with E-state index in [1.165, 1.54) is 15.9 Å². The van der Waals surface area contributed by atoms with Crippen LogP contribution < -0.4 is 10.9 Å². The van der Waals surface area contributed by atoms with Crippen LogP contribution in [-0.2, 0) is 16.6 Å². The molecule has 1 amide bonds. The highest BCUT2D eigenvalue weighted by Gasteiger charge is 2.20. The summed E-state index contributed by atoms with van der Waals surface area (Å²) in [4.78, 5) is 29.3. The van der Waals surface area contributed by atoms with E-state index in [2.05, 4.69) is 10.3 Å². The lowest BCUT2D eigenvalue weighted by atomic mass is 10.1. The van der Waals surface area contributed by atoms with Gasteiger partial charge in [0, 0.05) is 13.6 Å². The second kappa shape index (κ2) is 8.48. The smallest absolute Gasteiger partial charge is 0.405 e. The summed E-state index contributed by atoms with van der Waals surface area (Å²) in [6.07, 6.45) is -0.115. The van der Waals surface area contributed by atoms with Gasteiger partial charge in [0.05, 0.1) is 28.9 Å². The van der Waals surface area contributed by atoms with E-state index in [4.69, 9.17) is 5.11 Å². The lowest BCUT2D eigenvalue weighted by Gasteiger charge is -2.20. The van der Waals surface area contributed by atoms with Gasteiger partial charge in [-0.25, -0.2) is 22.5 Å². The number of nitrogens with zero attached hydrogens (tertiary/aromatic N) is 3. The van der Waals surface area contributed by atoms with Crippen LogP contribution >= 0.6 is 0 Å². The number of aromatic nitrogens is 2. The number of hydrogen-bond donors (Lipinski definition) is 2. The van der Waals surface area contributed by atoms with Crippen LogP contribution in [0.1, 0.15) is 29.9 Å². The molecule has 3 aromatic rings. The molecule has 0 fully saturated rings. The number of carbonyl (C=O) groups is 1. The fourth-order valence-corrected chi connectivity index (χ4v) is 3.75. The summed E-state index contributed by atoms with van der Waals surface area (Å²) in [7, 11) is -1.91. The zero-order chi connectivity index (χ0) is 22.9. The molecule has 2 N–H and O–H groups in total. The first-order valence-electron chi connectivity index (χ1n) is 9.51. The van der Waals surface area contributed by atoms with E-state index in [1.807, 2.05) is 13.0 Å². The first kappa shape index (κ1) is 22.4. The van der Waals surface area contributed by atoms with Gasteiger partial charge in [-0.2, -0.15) is 0 Å². The molecule has 1 unspecified atom stereocenters. The van der Waals surface area contributed by atoms with E-state index in [-0.39, 0.29) is 17.9 Å². The molecule has 10 heteroatoms. The number of carboxylic acid groups (broad SMARTS) is 1. The summed E-state index contributed by atoms with van der Waals surface area (Å²) < 4.78 is 26.1. The van der Waals surface area contributed by atoms with Crippen LogP contribution in [0.25, 0.3) is 16.6 Å². The van der Waals surface area contributed by atoms with Crippen molar-refractivity contribution in [3.63, 3.8) is 0 Å². The van der Waals surface area contributed by atoms with Gasteiger partial charge in [-0.3, -0.25) is 9.36 Å². The highest BCUT2D eigenvalue weighted by atomic mass is 32.2. The molecule has 0 saturated heterocycles. The molecule has 0 aliphatic carbocycles. The van der Waals surface area contributed by atoms with Crippen molar-refractivity contribution in [3.8, 4) is 5.69 Å². The number of aryl methyl sites for hydroxylation is 1. The molecule has 0 aliphatic heterocycles. The van der Waals surface area contributed by atoms with Crippen molar-refractivity contribution in [3.05, 3.63) is 69.8 Å². The third-order valence-corrected chi connectivity index (χ3v) is 6.26. The maximum atomic E-state index is 13.5. The van der Waals surface area contributed by atoms with Crippen LogP contribution in [0.5, 0.6) is 0 Å². The Balaban J connectivity index is 2.24. The molecule has 31 heavy (non-hydrogen) atoms. The Labute approximate surface area is 180 Å². The minimum absolute atomic E-state index is 0.125. The number of amides is 1. The summed E-state index contributed by atoms with van der Waals surface area (Å²) in [6.45, 7) is 3.54. The zero-order valence-corrected chi connectivity index (χ0v) is 18.5. The molecular formula is C21H24N4O5S. The Hall–Kier alpha value is -3.24. The number of rotatable bonds is 6. The number of benzene rings is 2. The maximum absolute atomic E-state index is 13.5. The van der Waals surface area contributed by atoms with Gasteiger partial charge in [0.2, 0.25) is 10.0 Å². The summed E-state index contributed by atoms with van der Waals surface area (Å²) in [5.74, 6) is 0.235. The van der Waals surface area contributed by atoms with Crippen LogP contribution in [-0.4, -0.2) is 46.8 Å². The first-order valence-corrected chi connectivity index (χ1v) is 11.4. The third kappa shape index (κ3) is 4.75. The van der Waals surface area contributed by atoms with Gasteiger partial charge in [-0.15, -0.1) is 0 Å². The van der Waals surface area contributed by atoms with E-state index in [9.17, 15) is 18.0 Å². The predicted octanol–water partition coefficient (Wildman–Crippen LogP) is 2.41. The second-order valence-electron chi connectivity index (χ2n) is 7.44. The molecule has 9 nitrogen and oxygen atoms in total. The van der Waals surface area contributed by atoms with Crippen LogP contribution in [0, 0.1) is 6.92 Å². The SMILES string of the molecule is Cc1cccc2nc(C(C)NC(=O)O)n(-c3cccc(CN(C)S(C)(=O)=O)c3)c(=O)c12. The molecule has 3 rings (SSSR count). The molecule has 0 radical (unpaired) electrons. The minimum atomic E-state index is -3.38. The molecule has 2 aromatic carbocycles. The Kier molecular flexibility index (Phi) is 6.14. The Morgan fingerprint density at radius 2 is 1.94 bits per heavy atom. The van der Waals surface area contributed by atoms with Crippen molar-refractivity contribution in [2.75, 3.05) is 13.3 Å². The summed E-state index contributed by atoms with van der Waals surface area (Å²) in [6, 6.07) is 11.4. The highest BCUT2D eigenvalue weighted by Crippen LogP contribution is 2.21. The minimum Gasteiger partial charge on any atom is -0.465 e. The summed E-state index contributed by atoms with van der Waals surface area (Å²) >= 11 is 0. The van der Waals surface area contributed by atoms with Crippen molar-refractivity contribution < 1.29 is 18.3 Å². The van der Waals surface area contributed by atoms with Crippen molar-refractivity contribution in [2.24, 2.45) is 0 Å². The number of fused-ring (bicyclic) bond motifs is 1. The van der Waals surface area contributed by atoms with Crippen molar-refractivity contribution >= 4 is 27.0 Å². The fraction of sp³-hybridized carbons (Fsp3) is 0.286. The van der Waals surface area contributed by atoms with E-state index in [0.29, 0.717) is 22.2 Å². The topological polar surface area (TPSA) is 122 Å². The van der Waals surface area contributed by atoms with Crippen LogP contribution in [0.3, 0.4) is 0 Å². The Bertz CT molecular complexity index is 1320. The van der Waals surface area contributed by atoms with Gasteiger partial charge < -0.3 is 10.4 Å². The monoisotopic (exact) mass is 444 g/mol. The molecule has 0 spiro atoms. The molecule has 0 aliphatic rings. The van der Waals surface area contributed by atoms with E-state index in [0.717, 1.165) is 11.8 Å². The Morgan fingerprint density at radius 1 is 1.26 bits per heavy atom. The Morgan fingerprint density at radius 3 is 2.58 bits per heavy atom. The number of sulfonamides is 1. The summed E-state index contributed by atoms with van der Waals surface area (Å²) in [5, 5.41) is 12.0. The molecule has 0 bridgehead atoms.